The Hall–Kier alpha value is -4.32. The summed E-state index contributed by atoms with van der Waals surface area (Å²) in [5.41, 5.74) is 7.21. The van der Waals surface area contributed by atoms with E-state index in [0.29, 0.717) is 71.5 Å². The highest BCUT2D eigenvalue weighted by molar-refractivity contribution is 9.10. The summed E-state index contributed by atoms with van der Waals surface area (Å²) in [6.07, 6.45) is 3.62. The minimum atomic E-state index is -1.26. The van der Waals surface area contributed by atoms with Gasteiger partial charge in [-0.2, -0.15) is 10.2 Å². The molecule has 0 radical (unpaired) electrons. The Labute approximate surface area is 619 Å². The van der Waals surface area contributed by atoms with Crippen LogP contribution in [0.2, 0.25) is 103 Å². The molecule has 0 aliphatic carbocycles. The number of hydrogen-bond donors (Lipinski definition) is 0. The number of hydrogen-bond acceptors (Lipinski definition) is 18. The third kappa shape index (κ3) is 19.7. The van der Waals surface area contributed by atoms with Gasteiger partial charge >= 0.3 is 21.1 Å². The molecule has 0 spiro atoms. The number of aromatic nitrogens is 10. The van der Waals surface area contributed by atoms with E-state index in [1.54, 1.807) is 20.4 Å². The molecule has 3 aliphatic heterocycles. The molecule has 3 aliphatic rings. The zero-order valence-corrected chi connectivity index (χ0v) is 71.7. The molecule has 0 bridgehead atoms. The van der Waals surface area contributed by atoms with E-state index in [0.717, 1.165) is 107 Å². The van der Waals surface area contributed by atoms with Crippen LogP contribution in [0.4, 0.5) is 0 Å². The van der Waals surface area contributed by atoms with Crippen LogP contribution in [-0.2, 0) is 96.5 Å². The van der Waals surface area contributed by atoms with Gasteiger partial charge in [-0.05, 0) is 147 Å². The average molecular weight is 1540 g/mol. The van der Waals surface area contributed by atoms with Crippen molar-refractivity contribution < 1.29 is 56.3 Å². The van der Waals surface area contributed by atoms with Crippen molar-refractivity contribution in [3.63, 3.8) is 0 Å². The number of methoxy groups -OCH3 is 2. The van der Waals surface area contributed by atoms with Crippen LogP contribution >= 0.6 is 15.9 Å². The maximum atomic E-state index is 6.41. The van der Waals surface area contributed by atoms with E-state index < -0.39 is 64.6 Å². The van der Waals surface area contributed by atoms with Crippen molar-refractivity contribution in [3.8, 4) is 23.0 Å². The molecule has 0 N–H and O–H groups in total. The predicted octanol–water partition coefficient (Wildman–Crippen LogP) is 15.7. The first-order valence-corrected chi connectivity index (χ1v) is 51.7. The molecule has 22 nitrogen and oxygen atoms in total. The SMILES string of the molecule is CC1(C)OB(B2OC(C)(C)C(C)(C)O2)OC1(C)C.COCc1cccc2c1nc(-c1nn(COCC[Si](C)(C)C)c3ncc(B4OC(C)(C)C(C)(C)O4)cc13)n2COCC[Si](C)(C)C.COCc1cccc2c1nc(-c1nn(COCC[Si](C)(C)C)c3ncc(Br)cc13)n2COCC[Si](C)(C)C. The largest absolute Gasteiger partial charge is 0.496 e. The lowest BCUT2D eigenvalue weighted by molar-refractivity contribution is 0.00578. The molecule has 11 rings (SSSR count). The topological polar surface area (TPSA) is 208 Å². The zero-order chi connectivity index (χ0) is 75.0. The molecule has 0 atom stereocenters. The number of para-hydroxylation sites is 2. The van der Waals surface area contributed by atoms with E-state index in [9.17, 15) is 0 Å². The van der Waals surface area contributed by atoms with Crippen LogP contribution in [0, 0.1) is 0 Å². The Morgan fingerprint density at radius 1 is 0.441 bits per heavy atom. The van der Waals surface area contributed by atoms with Crippen LogP contribution in [0.15, 0.2) is 65.4 Å². The number of benzene rings is 2. The zero-order valence-electron chi connectivity index (χ0n) is 66.2. The van der Waals surface area contributed by atoms with Crippen LogP contribution in [0.1, 0.15) is 94.2 Å². The summed E-state index contributed by atoms with van der Waals surface area (Å²) in [5, 5.41) is 11.9. The molecule has 0 unspecified atom stereocenters. The highest BCUT2D eigenvalue weighted by Gasteiger charge is 2.64. The van der Waals surface area contributed by atoms with Gasteiger partial charge in [-0.15, -0.1) is 0 Å². The molecular formula is C72H116B3BrN10O12Si4. The molecule has 30 heteroatoms. The third-order valence-electron chi connectivity index (χ3n) is 20.1. The molecule has 8 aromatic rings. The lowest BCUT2D eigenvalue weighted by Crippen LogP contribution is -2.41. The van der Waals surface area contributed by atoms with E-state index in [4.69, 9.17) is 81.5 Å². The quantitative estimate of drug-likeness (QED) is 0.0330. The number of fused-ring (bicyclic) bond motifs is 4. The van der Waals surface area contributed by atoms with Crippen molar-refractivity contribution in [3.05, 3.63) is 76.5 Å². The molecule has 6 aromatic heterocycles. The van der Waals surface area contributed by atoms with Gasteiger partial charge in [-0.3, -0.25) is 9.13 Å². The van der Waals surface area contributed by atoms with Crippen molar-refractivity contribution in [2.24, 2.45) is 0 Å². The van der Waals surface area contributed by atoms with Crippen molar-refractivity contribution in [1.29, 1.82) is 0 Å². The Bertz CT molecular complexity index is 4100. The molecule has 3 fully saturated rings. The fraction of sp³-hybridized carbons (Fsp3) is 0.639. The Balaban J connectivity index is 0.000000194. The maximum absolute atomic E-state index is 6.41. The van der Waals surface area contributed by atoms with Crippen LogP contribution in [-0.4, -0.2) is 176 Å². The summed E-state index contributed by atoms with van der Waals surface area (Å²) in [6.45, 7) is 57.9. The molecule has 3 saturated heterocycles. The summed E-state index contributed by atoms with van der Waals surface area (Å²) in [5.74, 6) is 1.47. The Morgan fingerprint density at radius 2 is 0.775 bits per heavy atom. The van der Waals surface area contributed by atoms with Gasteiger partial charge in [0.15, 0.2) is 22.9 Å². The van der Waals surface area contributed by atoms with Crippen LogP contribution in [0.25, 0.3) is 67.2 Å². The first kappa shape index (κ1) is 81.8. The lowest BCUT2D eigenvalue weighted by atomic mass is 9.49. The van der Waals surface area contributed by atoms with Gasteiger partial charge in [0, 0.05) is 112 Å². The van der Waals surface area contributed by atoms with E-state index in [1.807, 2.05) is 83.1 Å². The smallest absolute Gasteiger partial charge is 0.405 e. The van der Waals surface area contributed by atoms with E-state index in [1.165, 1.54) is 0 Å². The summed E-state index contributed by atoms with van der Waals surface area (Å²) < 4.78 is 81.3. The number of nitrogens with zero attached hydrogens (tertiary/aromatic N) is 10. The summed E-state index contributed by atoms with van der Waals surface area (Å²) in [7, 11) is -2.98. The van der Waals surface area contributed by atoms with Gasteiger partial charge in [0.2, 0.25) is 0 Å². The van der Waals surface area contributed by atoms with E-state index in [-0.39, 0.29) is 22.4 Å². The highest BCUT2D eigenvalue weighted by atomic mass is 79.9. The fourth-order valence-electron chi connectivity index (χ4n) is 11.4. The van der Waals surface area contributed by atoms with Gasteiger partial charge in [0.25, 0.3) is 0 Å². The predicted molar refractivity (Wildman–Crippen MR) is 426 cm³/mol. The van der Waals surface area contributed by atoms with Crippen molar-refractivity contribution in [2.45, 2.75) is 260 Å². The van der Waals surface area contributed by atoms with E-state index >= 15 is 0 Å². The van der Waals surface area contributed by atoms with Crippen LogP contribution in [0.3, 0.4) is 0 Å². The summed E-state index contributed by atoms with van der Waals surface area (Å²) >= 11 is 3.60. The van der Waals surface area contributed by atoms with Gasteiger partial charge in [0.1, 0.15) is 38.3 Å². The van der Waals surface area contributed by atoms with Crippen LogP contribution < -0.4 is 5.46 Å². The van der Waals surface area contributed by atoms with Gasteiger partial charge < -0.3 is 56.3 Å². The van der Waals surface area contributed by atoms with Gasteiger partial charge in [-0.1, -0.05) is 103 Å². The third-order valence-corrected chi connectivity index (χ3v) is 27.3. The van der Waals surface area contributed by atoms with Crippen LogP contribution in [0.5, 0.6) is 0 Å². The molecule has 9 heterocycles. The second-order valence-electron chi connectivity index (χ2n) is 35.3. The number of imidazole rings is 2. The lowest BCUT2D eigenvalue weighted by Gasteiger charge is -2.32. The molecule has 558 valence electrons. The van der Waals surface area contributed by atoms with Crippen molar-refractivity contribution in [2.75, 3.05) is 40.6 Å². The second kappa shape index (κ2) is 31.9. The maximum Gasteiger partial charge on any atom is 0.496 e. The van der Waals surface area contributed by atoms with Crippen molar-refractivity contribution >= 4 is 119 Å². The molecule has 2 aromatic carbocycles. The van der Waals surface area contributed by atoms with Crippen molar-refractivity contribution in [1.82, 2.24) is 48.6 Å². The average Bonchev–Trinajstić information content (AvgIpc) is 1.60. The summed E-state index contributed by atoms with van der Waals surface area (Å²) in [4.78, 5) is 19.9. The van der Waals surface area contributed by atoms with E-state index in [2.05, 4.69) is 173 Å². The Kier molecular flexibility index (Phi) is 25.5. The highest BCUT2D eigenvalue weighted by Crippen LogP contribution is 2.44. The standard InChI is InChI=1S/C33H52BN5O5Si2.C27H40BrN5O3Si2.C12H24B2O4/c1-32(2)33(3,4)44-34(43-32)25-19-26-29(37-39(30(26)35-20-25)23-42-16-18-46(9,10)11)31-36-28-24(21-40-5)13-12-14-27(28)38(31)22-41-15-17-45(6,7)8;1-34-17-20-9-8-10-23-24(20)30-27(32(23)18-35-11-13-37(2,3)4)25-22-15-21(28)16-29-26(22)33(31-25)19-36-12-14-38(5,6)7;1-9(2)10(3,4)16-13(15-9)14-17-11(5,6)12(7,8)18-14/h12-14,19-20H,15-18,21-23H2,1-11H3;8-10,15-16H,11-14,17-19H2,1-7H3;1-8H3. The number of rotatable bonds is 28. The molecular weight excluding hydrogens is 1420 g/mol. The minimum absolute atomic E-state index is 0.297. The summed E-state index contributed by atoms with van der Waals surface area (Å²) in [6, 6.07) is 20.9. The number of ether oxygens (including phenoxy) is 6. The fourth-order valence-corrected chi connectivity index (χ4v) is 14.8. The number of pyridine rings is 2. The monoisotopic (exact) mass is 1540 g/mol. The van der Waals surface area contributed by atoms with Gasteiger partial charge in [-0.25, -0.2) is 29.3 Å². The second-order valence-corrected chi connectivity index (χ2v) is 58.7. The van der Waals surface area contributed by atoms with Gasteiger partial charge in [0.05, 0.1) is 74.3 Å². The molecule has 0 saturated carbocycles. The Morgan fingerprint density at radius 3 is 1.13 bits per heavy atom. The molecule has 102 heavy (non-hydrogen) atoms. The normalized spacial score (nSPS) is 17.9. The first-order valence-electron chi connectivity index (χ1n) is 36.1. The molecule has 0 amide bonds. The number of halogens is 1. The minimum Gasteiger partial charge on any atom is -0.405 e. The first-order chi connectivity index (χ1) is 47.3.